The first-order chi connectivity index (χ1) is 14.0. The van der Waals surface area contributed by atoms with Crippen LogP contribution in [0.1, 0.15) is 18.0 Å². The molecule has 2 aromatic heterocycles. The fourth-order valence-electron chi connectivity index (χ4n) is 4.85. The zero-order chi connectivity index (χ0) is 20.1. The average molecular weight is 392 g/mol. The van der Waals surface area contributed by atoms with Crippen molar-refractivity contribution in [3.63, 3.8) is 0 Å². The van der Waals surface area contributed by atoms with Crippen molar-refractivity contribution in [3.8, 4) is 0 Å². The van der Waals surface area contributed by atoms with Crippen molar-refractivity contribution in [2.45, 2.75) is 25.4 Å². The molecule has 1 amide bonds. The number of hydrogen-bond donors (Lipinski definition) is 0. The van der Waals surface area contributed by atoms with E-state index < -0.39 is 4.92 Å². The number of carbonyl (C=O) groups excluding carboxylic acids is 1. The largest absolute Gasteiger partial charge is 0.340 e. The molecule has 0 radical (unpaired) electrons. The van der Waals surface area contributed by atoms with Crippen molar-refractivity contribution >= 4 is 22.5 Å². The molecule has 2 bridgehead atoms. The van der Waals surface area contributed by atoms with Gasteiger partial charge in [-0.25, -0.2) is 0 Å². The number of non-ortho nitro benzene ring substituents is 1. The standard InChI is InChI=1S/C21H20N4O4/c26-20-6-2-3-17-15-9-14(11-24(17)20)10-23(12-15)21(27)13-22-8-7-16-18(22)4-1-5-19(16)25(28)29/h1-8,14-15H,9-13H2/t14-,15+/m1/s1. The summed E-state index contributed by atoms with van der Waals surface area (Å²) in [7, 11) is 0. The van der Waals surface area contributed by atoms with E-state index in [2.05, 4.69) is 0 Å². The monoisotopic (exact) mass is 392 g/mol. The van der Waals surface area contributed by atoms with E-state index in [1.165, 1.54) is 6.07 Å². The third-order valence-electron chi connectivity index (χ3n) is 6.13. The van der Waals surface area contributed by atoms with Gasteiger partial charge in [0.15, 0.2) is 0 Å². The number of nitrogens with zero attached hydrogens (tertiary/aromatic N) is 4. The Morgan fingerprint density at radius 2 is 1.93 bits per heavy atom. The summed E-state index contributed by atoms with van der Waals surface area (Å²) >= 11 is 0. The number of nitro benzene ring substituents is 1. The highest BCUT2D eigenvalue weighted by Gasteiger charge is 2.36. The third-order valence-corrected chi connectivity index (χ3v) is 6.13. The van der Waals surface area contributed by atoms with Crippen molar-refractivity contribution in [3.05, 3.63) is 74.8 Å². The maximum Gasteiger partial charge on any atom is 0.278 e. The van der Waals surface area contributed by atoms with E-state index >= 15 is 0 Å². The molecule has 2 aliphatic rings. The van der Waals surface area contributed by atoms with E-state index in [0.29, 0.717) is 30.5 Å². The molecule has 8 heteroatoms. The van der Waals surface area contributed by atoms with Crippen LogP contribution in [0.25, 0.3) is 10.9 Å². The number of fused-ring (bicyclic) bond motifs is 5. The molecule has 0 saturated carbocycles. The maximum absolute atomic E-state index is 13.0. The molecule has 0 N–H and O–H groups in total. The Labute approximate surface area is 166 Å². The molecule has 1 saturated heterocycles. The summed E-state index contributed by atoms with van der Waals surface area (Å²) in [6.45, 7) is 2.02. The van der Waals surface area contributed by atoms with Gasteiger partial charge in [0.1, 0.15) is 6.54 Å². The number of piperidine rings is 1. The Bertz CT molecular complexity index is 1190. The number of aromatic nitrogens is 2. The lowest BCUT2D eigenvalue weighted by atomic mass is 9.83. The summed E-state index contributed by atoms with van der Waals surface area (Å²) in [5.74, 6) is 0.436. The molecule has 29 heavy (non-hydrogen) atoms. The van der Waals surface area contributed by atoms with E-state index in [1.54, 1.807) is 41.1 Å². The van der Waals surface area contributed by atoms with Crippen LogP contribution in [0.15, 0.2) is 53.5 Å². The molecule has 0 spiro atoms. The van der Waals surface area contributed by atoms with Crippen LogP contribution in [0.4, 0.5) is 5.69 Å². The van der Waals surface area contributed by atoms with E-state index in [1.807, 2.05) is 15.5 Å². The number of likely N-dealkylation sites (tertiary alicyclic amines) is 1. The molecule has 1 aromatic carbocycles. The van der Waals surface area contributed by atoms with Gasteiger partial charge in [-0.1, -0.05) is 12.1 Å². The average Bonchev–Trinajstić information content (AvgIpc) is 3.11. The van der Waals surface area contributed by atoms with Crippen molar-refractivity contribution in [1.29, 1.82) is 0 Å². The molecule has 4 heterocycles. The Hall–Kier alpha value is -3.42. The van der Waals surface area contributed by atoms with Gasteiger partial charge in [-0.15, -0.1) is 0 Å². The summed E-state index contributed by atoms with van der Waals surface area (Å²) in [5.41, 5.74) is 1.76. The zero-order valence-electron chi connectivity index (χ0n) is 15.7. The maximum atomic E-state index is 13.0. The van der Waals surface area contributed by atoms with Gasteiger partial charge in [0.25, 0.3) is 11.2 Å². The van der Waals surface area contributed by atoms with Gasteiger partial charge in [-0.05, 0) is 30.5 Å². The molecule has 1 fully saturated rings. The molecule has 0 unspecified atom stereocenters. The molecule has 3 aromatic rings. The molecule has 2 atom stereocenters. The lowest BCUT2D eigenvalue weighted by Crippen LogP contribution is -2.49. The Kier molecular flexibility index (Phi) is 4.01. The lowest BCUT2D eigenvalue weighted by molar-refractivity contribution is -0.383. The topological polar surface area (TPSA) is 90.4 Å². The highest BCUT2D eigenvalue weighted by atomic mass is 16.6. The van der Waals surface area contributed by atoms with Crippen LogP contribution >= 0.6 is 0 Å². The fraction of sp³-hybridized carbons (Fsp3) is 0.333. The summed E-state index contributed by atoms with van der Waals surface area (Å²) in [5, 5.41) is 11.8. The first kappa shape index (κ1) is 17.7. The summed E-state index contributed by atoms with van der Waals surface area (Å²) < 4.78 is 3.62. The Morgan fingerprint density at radius 1 is 1.10 bits per heavy atom. The summed E-state index contributed by atoms with van der Waals surface area (Å²) in [4.78, 5) is 37.9. The fourth-order valence-corrected chi connectivity index (χ4v) is 4.85. The van der Waals surface area contributed by atoms with Crippen LogP contribution in [0.2, 0.25) is 0 Å². The molecule has 148 valence electrons. The van der Waals surface area contributed by atoms with Gasteiger partial charge in [0.05, 0.1) is 15.8 Å². The van der Waals surface area contributed by atoms with Gasteiger partial charge < -0.3 is 14.0 Å². The van der Waals surface area contributed by atoms with E-state index in [0.717, 1.165) is 12.1 Å². The molecule has 8 nitrogen and oxygen atoms in total. The van der Waals surface area contributed by atoms with Gasteiger partial charge in [0, 0.05) is 49.6 Å². The predicted octanol–water partition coefficient (Wildman–Crippen LogP) is 2.36. The predicted molar refractivity (Wildman–Crippen MR) is 107 cm³/mol. The van der Waals surface area contributed by atoms with Gasteiger partial charge in [-0.2, -0.15) is 0 Å². The van der Waals surface area contributed by atoms with Crippen molar-refractivity contribution in [2.24, 2.45) is 5.92 Å². The number of nitro groups is 1. The van der Waals surface area contributed by atoms with Gasteiger partial charge in [-0.3, -0.25) is 19.7 Å². The second kappa shape index (κ2) is 6.58. The first-order valence-corrected chi connectivity index (χ1v) is 9.71. The number of hydrogen-bond acceptors (Lipinski definition) is 4. The number of rotatable bonds is 3. The Morgan fingerprint density at radius 3 is 2.76 bits per heavy atom. The van der Waals surface area contributed by atoms with E-state index in [-0.39, 0.29) is 35.5 Å². The quantitative estimate of drug-likeness (QED) is 0.505. The summed E-state index contributed by atoms with van der Waals surface area (Å²) in [6, 6.07) is 11.9. The van der Waals surface area contributed by atoms with Crippen LogP contribution in [-0.2, 0) is 17.9 Å². The van der Waals surface area contributed by atoms with Crippen molar-refractivity contribution in [2.75, 3.05) is 13.1 Å². The first-order valence-electron chi connectivity index (χ1n) is 9.71. The molecule has 0 aliphatic carbocycles. The SMILES string of the molecule is O=C(Cn1ccc2c([N+](=O)[O-])cccc21)N1C[C@H]2C[C@@H](C1)c1cccc(=O)n1C2. The second-order valence-electron chi connectivity index (χ2n) is 7.91. The normalized spacial score (nSPS) is 20.5. The lowest BCUT2D eigenvalue weighted by Gasteiger charge is -2.42. The molecule has 5 rings (SSSR count). The molecular weight excluding hydrogens is 372 g/mol. The molecule has 2 aliphatic heterocycles. The Balaban J connectivity index is 1.39. The summed E-state index contributed by atoms with van der Waals surface area (Å²) in [6.07, 6.45) is 2.72. The smallest absolute Gasteiger partial charge is 0.278 e. The van der Waals surface area contributed by atoms with Crippen LogP contribution in [0, 0.1) is 16.0 Å². The van der Waals surface area contributed by atoms with Crippen LogP contribution in [0.3, 0.4) is 0 Å². The molecular formula is C21H20N4O4. The van der Waals surface area contributed by atoms with Crippen molar-refractivity contribution < 1.29 is 9.72 Å². The number of benzene rings is 1. The minimum absolute atomic E-state index is 0.00423. The highest BCUT2D eigenvalue weighted by molar-refractivity contribution is 5.90. The van der Waals surface area contributed by atoms with Gasteiger partial charge >= 0.3 is 0 Å². The number of amides is 1. The minimum Gasteiger partial charge on any atom is -0.340 e. The second-order valence-corrected chi connectivity index (χ2v) is 7.91. The zero-order valence-corrected chi connectivity index (χ0v) is 15.7. The van der Waals surface area contributed by atoms with E-state index in [9.17, 15) is 19.7 Å². The number of carbonyl (C=O) groups is 1. The third kappa shape index (κ3) is 2.91. The van der Waals surface area contributed by atoms with Crippen LogP contribution in [-0.4, -0.2) is 38.0 Å². The minimum atomic E-state index is -0.403. The van der Waals surface area contributed by atoms with E-state index in [4.69, 9.17) is 0 Å². The van der Waals surface area contributed by atoms with Crippen LogP contribution in [0.5, 0.6) is 0 Å². The van der Waals surface area contributed by atoms with Crippen molar-refractivity contribution in [1.82, 2.24) is 14.0 Å². The number of pyridine rings is 1. The van der Waals surface area contributed by atoms with Gasteiger partial charge in [0.2, 0.25) is 5.91 Å². The van der Waals surface area contributed by atoms with Crippen LogP contribution < -0.4 is 5.56 Å². The highest BCUT2D eigenvalue weighted by Crippen LogP contribution is 2.35.